The van der Waals surface area contributed by atoms with E-state index in [2.05, 4.69) is 4.98 Å². The summed E-state index contributed by atoms with van der Waals surface area (Å²) in [5.74, 6) is 0.00571. The molecule has 1 N–H and O–H groups in total. The molecule has 1 fully saturated rings. The number of thioether (sulfide) groups is 1. The van der Waals surface area contributed by atoms with Crippen LogP contribution < -0.4 is 5.69 Å². The molecule has 1 aliphatic heterocycles. The van der Waals surface area contributed by atoms with Gasteiger partial charge in [0.25, 0.3) is 0 Å². The fourth-order valence-corrected chi connectivity index (χ4v) is 4.70. The molecule has 4 rings (SSSR count). The Bertz CT molecular complexity index is 1130. The van der Waals surface area contributed by atoms with Crippen LogP contribution in [0, 0.1) is 0 Å². The molecule has 2 heterocycles. The predicted octanol–water partition coefficient (Wildman–Crippen LogP) is 3.29. The number of aromatic nitrogens is 2. The molecule has 0 atom stereocenters. The van der Waals surface area contributed by atoms with Crippen molar-refractivity contribution in [3.05, 3.63) is 64.6 Å². The highest BCUT2D eigenvalue weighted by Crippen LogP contribution is 2.24. The van der Waals surface area contributed by atoms with Crippen molar-refractivity contribution in [1.82, 2.24) is 14.5 Å². The van der Waals surface area contributed by atoms with Gasteiger partial charge in [-0.05, 0) is 43.5 Å². The number of hydrogen-bond acceptors (Lipinski definition) is 5. The van der Waals surface area contributed by atoms with Crippen LogP contribution in [0.25, 0.3) is 11.0 Å². The smallest absolute Gasteiger partial charge is 0.339 e. The van der Waals surface area contributed by atoms with E-state index in [1.54, 1.807) is 16.7 Å². The first kappa shape index (κ1) is 21.2. The second kappa shape index (κ2) is 9.87. The summed E-state index contributed by atoms with van der Waals surface area (Å²) in [6, 6.07) is 14.7. The molecular formula is C23H25N3O4S. The number of nitrogens with one attached hydrogen (secondary N) is 1. The lowest BCUT2D eigenvalue weighted by Crippen LogP contribution is -2.29. The maximum absolute atomic E-state index is 12.6. The maximum Gasteiger partial charge on any atom is 0.339 e. The quantitative estimate of drug-likeness (QED) is 0.331. The number of para-hydroxylation sites is 2. The van der Waals surface area contributed by atoms with Crippen LogP contribution in [0.4, 0.5) is 0 Å². The Kier molecular flexibility index (Phi) is 6.76. The number of benzene rings is 2. The van der Waals surface area contributed by atoms with Crippen molar-refractivity contribution in [2.24, 2.45) is 0 Å². The normalized spacial score (nSPS) is 13.6. The van der Waals surface area contributed by atoms with E-state index < -0.39 is 5.97 Å². The van der Waals surface area contributed by atoms with E-state index in [1.165, 1.54) is 11.8 Å². The number of likely N-dealkylation sites (tertiary alicyclic amines) is 1. The summed E-state index contributed by atoms with van der Waals surface area (Å²) in [7, 11) is 0. The maximum atomic E-state index is 12.6. The Labute approximate surface area is 184 Å². The van der Waals surface area contributed by atoms with Gasteiger partial charge in [-0.2, -0.15) is 0 Å². The first-order valence-corrected chi connectivity index (χ1v) is 11.5. The van der Waals surface area contributed by atoms with E-state index in [0.717, 1.165) is 41.9 Å². The molecule has 7 nitrogen and oxygen atoms in total. The molecule has 0 radical (unpaired) electrons. The number of amides is 1. The molecule has 0 aliphatic carbocycles. The Morgan fingerprint density at radius 3 is 2.61 bits per heavy atom. The summed E-state index contributed by atoms with van der Waals surface area (Å²) in [5.41, 5.74) is 1.92. The van der Waals surface area contributed by atoms with Gasteiger partial charge in [0.2, 0.25) is 5.91 Å². The van der Waals surface area contributed by atoms with Crippen molar-refractivity contribution in [1.29, 1.82) is 0 Å². The third-order valence-corrected chi connectivity index (χ3v) is 6.42. The molecule has 0 saturated carbocycles. The highest BCUT2D eigenvalue weighted by Gasteiger charge is 2.19. The highest BCUT2D eigenvalue weighted by atomic mass is 32.2. The third kappa shape index (κ3) is 5.02. The first-order valence-electron chi connectivity index (χ1n) is 10.5. The number of carbonyl (C=O) groups is 2. The largest absolute Gasteiger partial charge is 0.462 e. The van der Waals surface area contributed by atoms with Crippen LogP contribution in [0.5, 0.6) is 0 Å². The minimum atomic E-state index is -0.414. The van der Waals surface area contributed by atoms with Gasteiger partial charge in [0.15, 0.2) is 0 Å². The molecule has 31 heavy (non-hydrogen) atoms. The van der Waals surface area contributed by atoms with E-state index in [-0.39, 0.29) is 18.2 Å². The van der Waals surface area contributed by atoms with Gasteiger partial charge in [0.05, 0.1) is 29.0 Å². The summed E-state index contributed by atoms with van der Waals surface area (Å²) in [4.78, 5) is 42.5. The molecule has 1 saturated heterocycles. The number of aromatic amines is 1. The number of esters is 1. The molecule has 162 valence electrons. The number of imidazole rings is 1. The monoisotopic (exact) mass is 439 g/mol. The zero-order chi connectivity index (χ0) is 21.6. The van der Waals surface area contributed by atoms with Crippen LogP contribution >= 0.6 is 11.8 Å². The third-order valence-electron chi connectivity index (χ3n) is 5.36. The van der Waals surface area contributed by atoms with Gasteiger partial charge in [-0.3, -0.25) is 9.36 Å². The van der Waals surface area contributed by atoms with E-state index in [0.29, 0.717) is 24.3 Å². The summed E-state index contributed by atoms with van der Waals surface area (Å²) in [6.45, 7) is 2.30. The molecule has 1 aliphatic rings. The number of hydrogen-bond donors (Lipinski definition) is 1. The number of ether oxygens (including phenoxy) is 1. The minimum Gasteiger partial charge on any atom is -0.462 e. The van der Waals surface area contributed by atoms with E-state index in [1.807, 2.05) is 41.3 Å². The van der Waals surface area contributed by atoms with Gasteiger partial charge in [-0.25, -0.2) is 9.59 Å². The van der Waals surface area contributed by atoms with E-state index in [4.69, 9.17) is 4.74 Å². The average Bonchev–Trinajstić information content (AvgIpc) is 3.43. The number of fused-ring (bicyclic) bond motifs is 1. The molecule has 1 aromatic heterocycles. The summed E-state index contributed by atoms with van der Waals surface area (Å²) in [6.07, 6.45) is 2.64. The topological polar surface area (TPSA) is 84.4 Å². The Hall–Kier alpha value is -3.00. The molecule has 3 aromatic rings. The average molecular weight is 440 g/mol. The van der Waals surface area contributed by atoms with Gasteiger partial charge < -0.3 is 14.6 Å². The molecule has 0 spiro atoms. The van der Waals surface area contributed by atoms with Gasteiger partial charge >= 0.3 is 11.7 Å². The number of carbonyl (C=O) groups excluding carboxylic acids is 2. The minimum absolute atomic E-state index is 0.106. The van der Waals surface area contributed by atoms with Crippen LogP contribution in [0.1, 0.15) is 29.6 Å². The number of rotatable bonds is 8. The van der Waals surface area contributed by atoms with Gasteiger partial charge in [0.1, 0.15) is 0 Å². The molecule has 2 aromatic carbocycles. The van der Waals surface area contributed by atoms with Gasteiger partial charge in [-0.15, -0.1) is 11.8 Å². The second-order valence-corrected chi connectivity index (χ2v) is 8.48. The highest BCUT2D eigenvalue weighted by molar-refractivity contribution is 8.00. The Morgan fingerprint density at radius 1 is 1.03 bits per heavy atom. The second-order valence-electron chi connectivity index (χ2n) is 7.46. The predicted molar refractivity (Wildman–Crippen MR) is 120 cm³/mol. The fraction of sp³-hybridized carbons (Fsp3) is 0.348. The SMILES string of the molecule is O=C(OCCCn1c(=O)[nH]c2ccccc21)c1ccccc1SCC(=O)N1CCCC1. The lowest BCUT2D eigenvalue weighted by molar-refractivity contribution is -0.127. The number of H-pyrrole nitrogens is 1. The standard InChI is InChI=1S/C23H25N3O4S/c27-21(25-12-5-6-13-25)16-31-20-11-4-1-8-17(20)22(28)30-15-7-14-26-19-10-3-2-9-18(19)24-23(26)29/h1-4,8-11H,5-7,12-16H2,(H,24,29). The van der Waals surface area contributed by atoms with E-state index >= 15 is 0 Å². The van der Waals surface area contributed by atoms with Crippen molar-refractivity contribution in [2.45, 2.75) is 30.7 Å². The van der Waals surface area contributed by atoms with Gasteiger partial charge in [0, 0.05) is 24.5 Å². The van der Waals surface area contributed by atoms with Crippen LogP contribution in [0.3, 0.4) is 0 Å². The summed E-state index contributed by atoms with van der Waals surface area (Å²) in [5, 5.41) is 0. The fourth-order valence-electron chi connectivity index (χ4n) is 3.75. The number of nitrogens with zero attached hydrogens (tertiary/aromatic N) is 2. The molecule has 0 bridgehead atoms. The molecule has 0 unspecified atom stereocenters. The van der Waals surface area contributed by atoms with Crippen molar-refractivity contribution >= 4 is 34.7 Å². The Balaban J connectivity index is 1.31. The first-order chi connectivity index (χ1) is 15.1. The Morgan fingerprint density at radius 2 is 1.77 bits per heavy atom. The molecule has 1 amide bonds. The zero-order valence-corrected chi connectivity index (χ0v) is 18.0. The molecular weight excluding hydrogens is 414 g/mol. The van der Waals surface area contributed by atoms with Crippen molar-refractivity contribution in [2.75, 3.05) is 25.4 Å². The van der Waals surface area contributed by atoms with Crippen LogP contribution in [0.2, 0.25) is 0 Å². The zero-order valence-electron chi connectivity index (χ0n) is 17.2. The number of aryl methyl sites for hydroxylation is 1. The van der Waals surface area contributed by atoms with Crippen molar-refractivity contribution in [3.63, 3.8) is 0 Å². The lowest BCUT2D eigenvalue weighted by atomic mass is 10.2. The van der Waals surface area contributed by atoms with Crippen LogP contribution in [-0.4, -0.2) is 51.8 Å². The molecule has 8 heteroatoms. The van der Waals surface area contributed by atoms with Crippen molar-refractivity contribution in [3.8, 4) is 0 Å². The summed E-state index contributed by atoms with van der Waals surface area (Å²) < 4.78 is 7.10. The lowest BCUT2D eigenvalue weighted by Gasteiger charge is -2.15. The summed E-state index contributed by atoms with van der Waals surface area (Å²) >= 11 is 1.37. The van der Waals surface area contributed by atoms with Crippen molar-refractivity contribution < 1.29 is 14.3 Å². The van der Waals surface area contributed by atoms with E-state index in [9.17, 15) is 14.4 Å². The van der Waals surface area contributed by atoms with Gasteiger partial charge in [-0.1, -0.05) is 24.3 Å². The van der Waals surface area contributed by atoms with Crippen LogP contribution in [-0.2, 0) is 16.1 Å². The van der Waals surface area contributed by atoms with Crippen LogP contribution in [0.15, 0.2) is 58.2 Å².